The molecular formula is C19H32O3. The van der Waals surface area contributed by atoms with Gasteiger partial charge in [-0.15, -0.1) is 0 Å². The van der Waals surface area contributed by atoms with Crippen molar-refractivity contribution in [3.8, 4) is 11.5 Å². The van der Waals surface area contributed by atoms with E-state index in [1.54, 1.807) is 6.07 Å². The highest BCUT2D eigenvalue weighted by Crippen LogP contribution is 2.36. The molecule has 0 aliphatic carbocycles. The maximum Gasteiger partial charge on any atom is 0.172 e. The number of phenolic OH excluding ortho intramolecular Hbond substituents is 1. The highest BCUT2D eigenvalue weighted by Gasteiger charge is 2.18. The Labute approximate surface area is 135 Å². The smallest absolute Gasteiger partial charge is 0.172 e. The van der Waals surface area contributed by atoms with E-state index in [4.69, 9.17) is 9.78 Å². The predicted molar refractivity (Wildman–Crippen MR) is 91.6 cm³/mol. The van der Waals surface area contributed by atoms with Crippen molar-refractivity contribution in [2.45, 2.75) is 78.6 Å². The summed E-state index contributed by atoms with van der Waals surface area (Å²) in [5, 5.41) is 10.4. The zero-order valence-electron chi connectivity index (χ0n) is 14.7. The Morgan fingerprint density at radius 2 is 1.32 bits per heavy atom. The second-order valence-corrected chi connectivity index (χ2v) is 5.89. The van der Waals surface area contributed by atoms with E-state index in [1.807, 2.05) is 0 Å². The monoisotopic (exact) mass is 308 g/mol. The van der Waals surface area contributed by atoms with Gasteiger partial charge >= 0.3 is 0 Å². The van der Waals surface area contributed by atoms with Crippen LogP contribution in [0.4, 0.5) is 0 Å². The fraction of sp³-hybridized carbons (Fsp3) is 0.684. The summed E-state index contributed by atoms with van der Waals surface area (Å²) in [6.07, 6.45) is 9.70. The first kappa shape index (κ1) is 18.8. The van der Waals surface area contributed by atoms with Gasteiger partial charge in [0.05, 0.1) is 7.11 Å². The van der Waals surface area contributed by atoms with Crippen LogP contribution in [0.15, 0.2) is 6.07 Å². The third kappa shape index (κ3) is 5.20. The molecule has 1 rings (SSSR count). The summed E-state index contributed by atoms with van der Waals surface area (Å²) in [7, 11) is 1.51. The van der Waals surface area contributed by atoms with Crippen molar-refractivity contribution < 1.29 is 14.9 Å². The van der Waals surface area contributed by atoms with Crippen LogP contribution in [-0.2, 0) is 24.2 Å². The van der Waals surface area contributed by atoms with E-state index in [1.165, 1.54) is 18.2 Å². The van der Waals surface area contributed by atoms with Gasteiger partial charge in [0.2, 0.25) is 0 Å². The van der Waals surface area contributed by atoms with Crippen LogP contribution in [-0.4, -0.2) is 12.2 Å². The Morgan fingerprint density at radius 1 is 0.818 bits per heavy atom. The summed E-state index contributed by atoms with van der Waals surface area (Å²) in [5.41, 5.74) is 3.63. The topological polar surface area (TPSA) is 38.7 Å². The number of unbranched alkanes of at least 4 members (excludes halogenated alkanes) is 3. The zero-order chi connectivity index (χ0) is 16.4. The Hall–Kier alpha value is -1.22. The second-order valence-electron chi connectivity index (χ2n) is 5.89. The Kier molecular flexibility index (Phi) is 8.98. The van der Waals surface area contributed by atoms with Crippen LogP contribution >= 0.6 is 0 Å². The molecule has 22 heavy (non-hydrogen) atoms. The van der Waals surface area contributed by atoms with Gasteiger partial charge in [-0.1, -0.05) is 40.0 Å². The first-order chi connectivity index (χ1) is 10.7. The minimum atomic E-state index is 0.354. The van der Waals surface area contributed by atoms with Gasteiger partial charge in [0.1, 0.15) is 5.75 Å². The molecule has 0 unspecified atom stereocenters. The van der Waals surface area contributed by atoms with Crippen molar-refractivity contribution in [2.24, 2.45) is 0 Å². The normalized spacial score (nSPS) is 10.9. The molecule has 0 radical (unpaired) electrons. The van der Waals surface area contributed by atoms with Crippen LogP contribution in [0.3, 0.4) is 0 Å². The molecule has 0 spiro atoms. The first-order valence-corrected chi connectivity index (χ1v) is 8.76. The molecule has 0 aromatic heterocycles. The molecule has 1 aromatic carbocycles. The molecule has 0 aliphatic heterocycles. The number of aromatic hydroxyl groups is 1. The third-order valence-electron chi connectivity index (χ3n) is 4.12. The van der Waals surface area contributed by atoms with Gasteiger partial charge < -0.3 is 9.99 Å². The lowest BCUT2D eigenvalue weighted by molar-refractivity contribution is -0.178. The molecule has 0 atom stereocenters. The minimum Gasteiger partial charge on any atom is -0.508 e. The second kappa shape index (κ2) is 10.5. The van der Waals surface area contributed by atoms with Gasteiger partial charge in [0.25, 0.3) is 0 Å². The maximum atomic E-state index is 10.4. The van der Waals surface area contributed by atoms with E-state index in [2.05, 4.69) is 20.8 Å². The Morgan fingerprint density at radius 3 is 1.82 bits per heavy atom. The van der Waals surface area contributed by atoms with Gasteiger partial charge in [-0.3, -0.25) is 0 Å². The summed E-state index contributed by atoms with van der Waals surface area (Å²) < 4.78 is 0. The number of hydrogen-bond acceptors (Lipinski definition) is 3. The first-order valence-electron chi connectivity index (χ1n) is 8.76. The Bertz CT molecular complexity index is 441. The molecular weight excluding hydrogens is 276 g/mol. The van der Waals surface area contributed by atoms with Crippen LogP contribution in [0.2, 0.25) is 0 Å². The SMILES string of the molecule is CCCCc1c(O)cc(OOC)c(CCCC)c1CCCC. The van der Waals surface area contributed by atoms with E-state index >= 15 is 0 Å². The number of rotatable bonds is 11. The molecule has 1 aromatic rings. The van der Waals surface area contributed by atoms with Crippen LogP contribution < -0.4 is 4.89 Å². The number of phenols is 1. The summed E-state index contributed by atoms with van der Waals surface area (Å²) in [5.74, 6) is 1.03. The van der Waals surface area contributed by atoms with Crippen molar-refractivity contribution in [3.05, 3.63) is 22.8 Å². The summed E-state index contributed by atoms with van der Waals surface area (Å²) in [6.45, 7) is 6.58. The molecule has 0 saturated heterocycles. The molecule has 1 N–H and O–H groups in total. The molecule has 3 nitrogen and oxygen atoms in total. The lowest BCUT2D eigenvalue weighted by Gasteiger charge is -2.19. The van der Waals surface area contributed by atoms with Crippen LogP contribution in [0.5, 0.6) is 11.5 Å². The predicted octanol–water partition coefficient (Wildman–Crippen LogP) is 5.36. The summed E-state index contributed by atoms with van der Waals surface area (Å²) >= 11 is 0. The molecule has 126 valence electrons. The van der Waals surface area contributed by atoms with E-state index in [0.29, 0.717) is 11.5 Å². The maximum absolute atomic E-state index is 10.4. The van der Waals surface area contributed by atoms with E-state index in [0.717, 1.165) is 63.4 Å². The summed E-state index contributed by atoms with van der Waals surface area (Å²) in [6, 6.07) is 1.73. The average molecular weight is 308 g/mol. The highest BCUT2D eigenvalue weighted by atomic mass is 17.2. The van der Waals surface area contributed by atoms with E-state index < -0.39 is 0 Å². The Balaban J connectivity index is 3.28. The standard InChI is InChI=1S/C19H32O3/c1-5-8-11-15-16(12-9-6-2)18(20)14-19(22-21-4)17(15)13-10-7-3/h14,20H,5-13H2,1-4H3. The fourth-order valence-electron chi connectivity index (χ4n) is 2.86. The van der Waals surface area contributed by atoms with Crippen molar-refractivity contribution in [1.29, 1.82) is 0 Å². The van der Waals surface area contributed by atoms with Crippen molar-refractivity contribution >= 4 is 0 Å². The minimum absolute atomic E-state index is 0.354. The van der Waals surface area contributed by atoms with E-state index in [9.17, 15) is 5.11 Å². The third-order valence-corrected chi connectivity index (χ3v) is 4.12. The molecule has 0 aliphatic rings. The lowest BCUT2D eigenvalue weighted by Crippen LogP contribution is -2.06. The average Bonchev–Trinajstić information content (AvgIpc) is 2.51. The largest absolute Gasteiger partial charge is 0.508 e. The van der Waals surface area contributed by atoms with Gasteiger partial charge in [0, 0.05) is 11.6 Å². The van der Waals surface area contributed by atoms with Gasteiger partial charge in [-0.05, 0) is 49.7 Å². The molecule has 3 heteroatoms. The van der Waals surface area contributed by atoms with Gasteiger partial charge in [-0.25, -0.2) is 0 Å². The van der Waals surface area contributed by atoms with Crippen molar-refractivity contribution in [2.75, 3.05) is 7.11 Å². The lowest BCUT2D eigenvalue weighted by atomic mass is 9.89. The molecule has 0 saturated carbocycles. The quantitative estimate of drug-likeness (QED) is 0.442. The number of benzene rings is 1. The summed E-state index contributed by atoms with van der Waals surface area (Å²) in [4.78, 5) is 10.2. The van der Waals surface area contributed by atoms with Crippen LogP contribution in [0.25, 0.3) is 0 Å². The van der Waals surface area contributed by atoms with Crippen molar-refractivity contribution in [3.63, 3.8) is 0 Å². The fourth-order valence-corrected chi connectivity index (χ4v) is 2.86. The van der Waals surface area contributed by atoms with E-state index in [-0.39, 0.29) is 0 Å². The zero-order valence-corrected chi connectivity index (χ0v) is 14.7. The molecule has 0 fully saturated rings. The molecule has 0 bridgehead atoms. The highest BCUT2D eigenvalue weighted by molar-refractivity contribution is 5.52. The van der Waals surface area contributed by atoms with Gasteiger partial charge in [-0.2, -0.15) is 4.89 Å². The van der Waals surface area contributed by atoms with Crippen LogP contribution in [0, 0.1) is 0 Å². The number of hydrogen-bond donors (Lipinski definition) is 1. The molecule has 0 amide bonds. The van der Waals surface area contributed by atoms with Crippen LogP contribution in [0.1, 0.15) is 76.0 Å². The molecule has 0 heterocycles. The van der Waals surface area contributed by atoms with Crippen molar-refractivity contribution in [1.82, 2.24) is 0 Å². The van der Waals surface area contributed by atoms with Gasteiger partial charge in [0.15, 0.2) is 5.75 Å².